The highest BCUT2D eigenvalue weighted by molar-refractivity contribution is 4.76. The average molecular weight is 202 g/mol. The quantitative estimate of drug-likeness (QED) is 0.643. The molecular formula is C11H26N2O. The number of hydrogen-bond donors (Lipinski definition) is 1. The van der Waals surface area contributed by atoms with Gasteiger partial charge in [0, 0.05) is 25.7 Å². The van der Waals surface area contributed by atoms with Crippen molar-refractivity contribution in [1.82, 2.24) is 10.2 Å². The molecule has 3 nitrogen and oxygen atoms in total. The van der Waals surface area contributed by atoms with Gasteiger partial charge in [-0.05, 0) is 26.9 Å². The Balaban J connectivity index is 4.24. The summed E-state index contributed by atoms with van der Waals surface area (Å²) >= 11 is 0. The molecule has 0 saturated carbocycles. The normalized spacial score (nSPS) is 15.9. The highest BCUT2D eigenvalue weighted by Crippen LogP contribution is 2.08. The molecule has 0 rings (SSSR count). The van der Waals surface area contributed by atoms with Crippen molar-refractivity contribution >= 4 is 0 Å². The molecule has 0 aliphatic heterocycles. The molecule has 0 aliphatic carbocycles. The Labute approximate surface area is 88.8 Å². The number of methoxy groups -OCH3 is 1. The number of nitrogens with zero attached hydrogens (tertiary/aromatic N) is 1. The molecule has 0 heterocycles. The fourth-order valence-corrected chi connectivity index (χ4v) is 1.86. The van der Waals surface area contributed by atoms with Gasteiger partial charge in [0.05, 0.1) is 6.61 Å². The van der Waals surface area contributed by atoms with Gasteiger partial charge >= 0.3 is 0 Å². The van der Waals surface area contributed by atoms with E-state index in [1.54, 1.807) is 7.11 Å². The zero-order valence-electron chi connectivity index (χ0n) is 10.3. The van der Waals surface area contributed by atoms with Gasteiger partial charge in [0.25, 0.3) is 0 Å². The largest absolute Gasteiger partial charge is 0.383 e. The lowest BCUT2D eigenvalue weighted by Crippen LogP contribution is -2.48. The molecule has 0 spiro atoms. The van der Waals surface area contributed by atoms with Crippen molar-refractivity contribution in [2.24, 2.45) is 0 Å². The van der Waals surface area contributed by atoms with Crippen LogP contribution in [0.4, 0.5) is 0 Å². The van der Waals surface area contributed by atoms with Crippen LogP contribution >= 0.6 is 0 Å². The van der Waals surface area contributed by atoms with Crippen molar-refractivity contribution < 1.29 is 4.74 Å². The van der Waals surface area contributed by atoms with Gasteiger partial charge < -0.3 is 10.1 Å². The Hall–Kier alpha value is -0.120. The van der Waals surface area contributed by atoms with Gasteiger partial charge in [-0.25, -0.2) is 0 Å². The van der Waals surface area contributed by atoms with Crippen LogP contribution in [0, 0.1) is 0 Å². The van der Waals surface area contributed by atoms with Gasteiger partial charge in [-0.2, -0.15) is 0 Å². The Morgan fingerprint density at radius 3 is 2.36 bits per heavy atom. The van der Waals surface area contributed by atoms with Gasteiger partial charge in [0.2, 0.25) is 0 Å². The number of likely N-dealkylation sites (N-methyl/N-ethyl adjacent to an activating group) is 2. The Bertz CT molecular complexity index is 124. The van der Waals surface area contributed by atoms with Crippen LogP contribution in [0.3, 0.4) is 0 Å². The maximum absolute atomic E-state index is 5.25. The zero-order valence-corrected chi connectivity index (χ0v) is 10.3. The second-order valence-corrected chi connectivity index (χ2v) is 3.75. The Morgan fingerprint density at radius 1 is 1.36 bits per heavy atom. The van der Waals surface area contributed by atoms with Crippen molar-refractivity contribution in [2.45, 2.75) is 39.3 Å². The molecule has 0 radical (unpaired) electrons. The SMILES string of the molecule is CCC(C)N(CC)C(CNC)COC. The maximum Gasteiger partial charge on any atom is 0.0630 e. The summed E-state index contributed by atoms with van der Waals surface area (Å²) in [6, 6.07) is 1.12. The van der Waals surface area contributed by atoms with Gasteiger partial charge in [-0.15, -0.1) is 0 Å². The number of hydrogen-bond acceptors (Lipinski definition) is 3. The predicted molar refractivity (Wildman–Crippen MR) is 61.7 cm³/mol. The molecule has 0 aromatic carbocycles. The highest BCUT2D eigenvalue weighted by atomic mass is 16.5. The second kappa shape index (κ2) is 8.21. The van der Waals surface area contributed by atoms with E-state index in [2.05, 4.69) is 31.0 Å². The standard InChI is InChI=1S/C11H26N2O/c1-6-10(3)13(7-2)11(8-12-4)9-14-5/h10-12H,6-9H2,1-5H3. The first-order valence-corrected chi connectivity index (χ1v) is 5.60. The van der Waals surface area contributed by atoms with E-state index in [9.17, 15) is 0 Å². The summed E-state index contributed by atoms with van der Waals surface area (Å²) in [5.74, 6) is 0. The Morgan fingerprint density at radius 2 is 2.00 bits per heavy atom. The third-order valence-corrected chi connectivity index (χ3v) is 2.79. The third kappa shape index (κ3) is 4.40. The van der Waals surface area contributed by atoms with E-state index in [1.807, 2.05) is 7.05 Å². The summed E-state index contributed by atoms with van der Waals surface area (Å²) < 4.78 is 5.25. The van der Waals surface area contributed by atoms with Crippen LogP contribution in [0.1, 0.15) is 27.2 Å². The summed E-state index contributed by atoms with van der Waals surface area (Å²) in [6.45, 7) is 9.61. The Kier molecular flexibility index (Phi) is 8.14. The van der Waals surface area contributed by atoms with Crippen LogP contribution < -0.4 is 5.32 Å². The lowest BCUT2D eigenvalue weighted by molar-refractivity contribution is 0.0683. The van der Waals surface area contributed by atoms with Crippen molar-refractivity contribution in [3.8, 4) is 0 Å². The van der Waals surface area contributed by atoms with Gasteiger partial charge in [-0.3, -0.25) is 4.90 Å². The smallest absolute Gasteiger partial charge is 0.0630 e. The molecule has 3 heteroatoms. The molecule has 2 atom stereocenters. The van der Waals surface area contributed by atoms with Gasteiger partial charge in [0.15, 0.2) is 0 Å². The molecular weight excluding hydrogens is 176 g/mol. The number of nitrogens with one attached hydrogen (secondary N) is 1. The summed E-state index contributed by atoms with van der Waals surface area (Å²) in [6.07, 6.45) is 1.19. The van der Waals surface area contributed by atoms with E-state index in [1.165, 1.54) is 6.42 Å². The van der Waals surface area contributed by atoms with E-state index >= 15 is 0 Å². The third-order valence-electron chi connectivity index (χ3n) is 2.79. The highest BCUT2D eigenvalue weighted by Gasteiger charge is 2.20. The summed E-state index contributed by atoms with van der Waals surface area (Å²) in [5.41, 5.74) is 0. The molecule has 2 unspecified atom stereocenters. The molecule has 86 valence electrons. The lowest BCUT2D eigenvalue weighted by Gasteiger charge is -2.34. The van der Waals surface area contributed by atoms with Crippen molar-refractivity contribution in [3.63, 3.8) is 0 Å². The van der Waals surface area contributed by atoms with Crippen LogP contribution in [0.25, 0.3) is 0 Å². The topological polar surface area (TPSA) is 24.5 Å². The van der Waals surface area contributed by atoms with E-state index in [4.69, 9.17) is 4.74 Å². The first-order chi connectivity index (χ1) is 6.71. The van der Waals surface area contributed by atoms with Crippen LogP contribution in [0.2, 0.25) is 0 Å². The number of rotatable bonds is 8. The van der Waals surface area contributed by atoms with Gasteiger partial charge in [-0.1, -0.05) is 13.8 Å². The monoisotopic (exact) mass is 202 g/mol. The summed E-state index contributed by atoms with van der Waals surface area (Å²) in [4.78, 5) is 2.50. The van der Waals surface area contributed by atoms with Crippen molar-refractivity contribution in [2.75, 3.05) is 33.9 Å². The molecule has 0 aromatic rings. The molecule has 1 N–H and O–H groups in total. The molecule has 0 aliphatic rings. The van der Waals surface area contributed by atoms with E-state index in [-0.39, 0.29) is 0 Å². The molecule has 0 fully saturated rings. The maximum atomic E-state index is 5.25. The van der Waals surface area contributed by atoms with Crippen LogP contribution in [-0.2, 0) is 4.74 Å². The summed E-state index contributed by atoms with van der Waals surface area (Å²) in [5, 5.41) is 3.22. The minimum atomic E-state index is 0.491. The minimum Gasteiger partial charge on any atom is -0.383 e. The molecule has 0 aromatic heterocycles. The fraction of sp³-hybridized carbons (Fsp3) is 1.00. The van der Waals surface area contributed by atoms with E-state index < -0.39 is 0 Å². The fourth-order valence-electron chi connectivity index (χ4n) is 1.86. The minimum absolute atomic E-state index is 0.491. The van der Waals surface area contributed by atoms with Crippen LogP contribution in [0.15, 0.2) is 0 Å². The molecule has 0 saturated heterocycles. The first kappa shape index (κ1) is 13.9. The predicted octanol–water partition coefficient (Wildman–Crippen LogP) is 1.34. The van der Waals surface area contributed by atoms with E-state index in [0.717, 1.165) is 19.7 Å². The summed E-state index contributed by atoms with van der Waals surface area (Å²) in [7, 11) is 3.76. The molecule has 14 heavy (non-hydrogen) atoms. The lowest BCUT2D eigenvalue weighted by atomic mass is 10.1. The van der Waals surface area contributed by atoms with Crippen molar-refractivity contribution in [3.05, 3.63) is 0 Å². The van der Waals surface area contributed by atoms with Crippen LogP contribution in [0.5, 0.6) is 0 Å². The molecule has 0 amide bonds. The van der Waals surface area contributed by atoms with Crippen LogP contribution in [-0.4, -0.2) is 50.8 Å². The van der Waals surface area contributed by atoms with Crippen molar-refractivity contribution in [1.29, 1.82) is 0 Å². The van der Waals surface area contributed by atoms with E-state index in [0.29, 0.717) is 12.1 Å². The first-order valence-electron chi connectivity index (χ1n) is 5.60. The average Bonchev–Trinajstić information content (AvgIpc) is 2.19. The van der Waals surface area contributed by atoms with Gasteiger partial charge in [0.1, 0.15) is 0 Å². The second-order valence-electron chi connectivity index (χ2n) is 3.75. The zero-order chi connectivity index (χ0) is 11.0. The number of ether oxygens (including phenoxy) is 1. The molecule has 0 bridgehead atoms.